The molecule has 0 atom stereocenters. The summed E-state index contributed by atoms with van der Waals surface area (Å²) in [5, 5.41) is 0. The molecule has 10 heteroatoms. The summed E-state index contributed by atoms with van der Waals surface area (Å²) in [5.74, 6) is 0.250. The first-order valence-electron chi connectivity index (χ1n) is 8.67. The standard InChI is InChI=1S/C14H32N4O4S2/c1-3-23(19,20)15-7-5-9-17-11-13-18(14-12-17)10-6-8-16-24(21,22)4-2/h15-16H,3-14H2,1-2H3. The van der Waals surface area contributed by atoms with Crippen molar-refractivity contribution in [2.45, 2.75) is 26.7 Å². The summed E-state index contributed by atoms with van der Waals surface area (Å²) in [5.41, 5.74) is 0. The van der Waals surface area contributed by atoms with Crippen molar-refractivity contribution in [3.05, 3.63) is 0 Å². The van der Waals surface area contributed by atoms with Crippen LogP contribution in [0.3, 0.4) is 0 Å². The van der Waals surface area contributed by atoms with Crippen molar-refractivity contribution in [2.75, 3.05) is 63.9 Å². The molecule has 1 saturated heterocycles. The van der Waals surface area contributed by atoms with Gasteiger partial charge in [0.1, 0.15) is 0 Å². The maximum atomic E-state index is 11.3. The maximum Gasteiger partial charge on any atom is 0.211 e. The fourth-order valence-corrected chi connectivity index (χ4v) is 3.82. The Morgan fingerprint density at radius 3 is 1.33 bits per heavy atom. The molecule has 0 radical (unpaired) electrons. The zero-order valence-corrected chi connectivity index (χ0v) is 16.5. The molecule has 0 spiro atoms. The zero-order valence-electron chi connectivity index (χ0n) is 14.8. The van der Waals surface area contributed by atoms with Crippen LogP contribution in [0.5, 0.6) is 0 Å². The Balaban J connectivity index is 2.08. The lowest BCUT2D eigenvalue weighted by molar-refractivity contribution is 0.131. The van der Waals surface area contributed by atoms with E-state index in [9.17, 15) is 16.8 Å². The van der Waals surface area contributed by atoms with Gasteiger partial charge in [0, 0.05) is 39.3 Å². The van der Waals surface area contributed by atoms with E-state index in [0.717, 1.165) is 52.1 Å². The number of nitrogens with one attached hydrogen (secondary N) is 2. The number of hydrogen-bond donors (Lipinski definition) is 2. The average Bonchev–Trinajstić information content (AvgIpc) is 2.57. The minimum absolute atomic E-state index is 0.125. The number of piperazine rings is 1. The van der Waals surface area contributed by atoms with Gasteiger partial charge in [0.2, 0.25) is 20.0 Å². The fraction of sp³-hybridized carbons (Fsp3) is 1.00. The van der Waals surface area contributed by atoms with E-state index in [-0.39, 0.29) is 11.5 Å². The number of sulfonamides is 2. The van der Waals surface area contributed by atoms with Crippen LogP contribution in [0.1, 0.15) is 26.7 Å². The third-order valence-corrected chi connectivity index (χ3v) is 6.98. The second-order valence-electron chi connectivity index (χ2n) is 5.99. The van der Waals surface area contributed by atoms with Crippen molar-refractivity contribution in [1.29, 1.82) is 0 Å². The first-order chi connectivity index (χ1) is 11.3. The lowest BCUT2D eigenvalue weighted by Crippen LogP contribution is -2.47. The highest BCUT2D eigenvalue weighted by Crippen LogP contribution is 2.03. The summed E-state index contributed by atoms with van der Waals surface area (Å²) in [6, 6.07) is 0. The zero-order chi connectivity index (χ0) is 18.1. The third-order valence-electron chi connectivity index (χ3n) is 4.17. The van der Waals surface area contributed by atoms with E-state index in [1.807, 2.05) is 0 Å². The van der Waals surface area contributed by atoms with Crippen LogP contribution in [0.15, 0.2) is 0 Å². The van der Waals surface area contributed by atoms with E-state index >= 15 is 0 Å². The Kier molecular flexibility index (Phi) is 9.68. The topological polar surface area (TPSA) is 98.8 Å². The summed E-state index contributed by atoms with van der Waals surface area (Å²) < 4.78 is 50.5. The van der Waals surface area contributed by atoms with E-state index in [0.29, 0.717) is 13.1 Å². The van der Waals surface area contributed by atoms with Crippen molar-refractivity contribution < 1.29 is 16.8 Å². The van der Waals surface area contributed by atoms with Crippen molar-refractivity contribution in [1.82, 2.24) is 19.2 Å². The number of nitrogens with zero attached hydrogens (tertiary/aromatic N) is 2. The molecule has 0 bridgehead atoms. The van der Waals surface area contributed by atoms with Gasteiger partial charge < -0.3 is 9.80 Å². The summed E-state index contributed by atoms with van der Waals surface area (Å²) >= 11 is 0. The quantitative estimate of drug-likeness (QED) is 0.430. The molecule has 0 saturated carbocycles. The van der Waals surface area contributed by atoms with Crippen LogP contribution in [-0.4, -0.2) is 90.5 Å². The van der Waals surface area contributed by atoms with Crippen molar-refractivity contribution in [3.63, 3.8) is 0 Å². The third kappa shape index (κ3) is 9.28. The highest BCUT2D eigenvalue weighted by Gasteiger charge is 2.16. The van der Waals surface area contributed by atoms with Gasteiger partial charge in [0.05, 0.1) is 11.5 Å². The normalized spacial score (nSPS) is 18.1. The molecular weight excluding hydrogens is 352 g/mol. The maximum absolute atomic E-state index is 11.3. The van der Waals surface area contributed by atoms with Gasteiger partial charge in [-0.25, -0.2) is 26.3 Å². The Morgan fingerprint density at radius 2 is 1.04 bits per heavy atom. The molecule has 0 aliphatic carbocycles. The van der Waals surface area contributed by atoms with E-state index < -0.39 is 20.0 Å². The lowest BCUT2D eigenvalue weighted by atomic mass is 10.2. The van der Waals surface area contributed by atoms with Crippen LogP contribution < -0.4 is 9.44 Å². The van der Waals surface area contributed by atoms with Gasteiger partial charge in [-0.05, 0) is 39.8 Å². The van der Waals surface area contributed by atoms with E-state index in [2.05, 4.69) is 19.2 Å². The van der Waals surface area contributed by atoms with Crippen LogP contribution in [0.25, 0.3) is 0 Å². The van der Waals surface area contributed by atoms with Crippen LogP contribution in [-0.2, 0) is 20.0 Å². The van der Waals surface area contributed by atoms with Crippen LogP contribution >= 0.6 is 0 Å². The first-order valence-corrected chi connectivity index (χ1v) is 12.0. The largest absolute Gasteiger partial charge is 0.301 e. The van der Waals surface area contributed by atoms with Crippen LogP contribution in [0.4, 0.5) is 0 Å². The highest BCUT2D eigenvalue weighted by atomic mass is 32.2. The predicted molar refractivity (Wildman–Crippen MR) is 97.0 cm³/mol. The number of rotatable bonds is 12. The molecule has 0 aromatic heterocycles. The molecule has 1 aliphatic rings. The van der Waals surface area contributed by atoms with Crippen molar-refractivity contribution >= 4 is 20.0 Å². The molecule has 24 heavy (non-hydrogen) atoms. The molecular formula is C14H32N4O4S2. The Labute approximate surface area is 147 Å². The lowest BCUT2D eigenvalue weighted by Gasteiger charge is -2.34. The van der Waals surface area contributed by atoms with E-state index in [4.69, 9.17) is 0 Å². The van der Waals surface area contributed by atoms with E-state index in [1.54, 1.807) is 13.8 Å². The summed E-state index contributed by atoms with van der Waals surface area (Å²) in [4.78, 5) is 4.69. The molecule has 1 heterocycles. The predicted octanol–water partition coefficient (Wildman–Crippen LogP) is -0.737. The minimum Gasteiger partial charge on any atom is -0.301 e. The minimum atomic E-state index is -3.08. The Morgan fingerprint density at radius 1 is 0.708 bits per heavy atom. The first kappa shape index (κ1) is 21.8. The Bertz CT molecular complexity index is 493. The van der Waals surface area contributed by atoms with Crippen LogP contribution in [0, 0.1) is 0 Å². The molecule has 0 aromatic rings. The molecule has 2 N–H and O–H groups in total. The Hall–Kier alpha value is -0.260. The van der Waals surface area contributed by atoms with Gasteiger partial charge >= 0.3 is 0 Å². The van der Waals surface area contributed by atoms with Gasteiger partial charge in [-0.3, -0.25) is 0 Å². The SMILES string of the molecule is CCS(=O)(=O)NCCCN1CCN(CCCNS(=O)(=O)CC)CC1. The molecule has 0 unspecified atom stereocenters. The molecule has 8 nitrogen and oxygen atoms in total. The average molecular weight is 385 g/mol. The van der Waals surface area contributed by atoms with E-state index in [1.165, 1.54) is 0 Å². The molecule has 1 rings (SSSR count). The summed E-state index contributed by atoms with van der Waals surface area (Å²) in [6.45, 7) is 9.95. The van der Waals surface area contributed by atoms with Crippen molar-refractivity contribution in [3.8, 4) is 0 Å². The van der Waals surface area contributed by atoms with Gasteiger partial charge in [0.15, 0.2) is 0 Å². The monoisotopic (exact) mass is 384 g/mol. The highest BCUT2D eigenvalue weighted by molar-refractivity contribution is 7.89. The number of hydrogen-bond acceptors (Lipinski definition) is 6. The smallest absolute Gasteiger partial charge is 0.211 e. The molecule has 144 valence electrons. The second kappa shape index (κ2) is 10.7. The van der Waals surface area contributed by atoms with Crippen molar-refractivity contribution in [2.24, 2.45) is 0 Å². The summed E-state index contributed by atoms with van der Waals surface area (Å²) in [7, 11) is -6.16. The van der Waals surface area contributed by atoms with Gasteiger partial charge in [-0.2, -0.15) is 0 Å². The summed E-state index contributed by atoms with van der Waals surface area (Å²) in [6.07, 6.45) is 1.63. The van der Waals surface area contributed by atoms with Gasteiger partial charge in [-0.1, -0.05) is 0 Å². The fourth-order valence-electron chi connectivity index (χ4n) is 2.50. The van der Waals surface area contributed by atoms with Gasteiger partial charge in [0.25, 0.3) is 0 Å². The van der Waals surface area contributed by atoms with Gasteiger partial charge in [-0.15, -0.1) is 0 Å². The molecule has 1 aliphatic heterocycles. The molecule has 0 aromatic carbocycles. The second-order valence-corrected chi connectivity index (χ2v) is 10.2. The van der Waals surface area contributed by atoms with Crippen LogP contribution in [0.2, 0.25) is 0 Å². The molecule has 0 amide bonds. The molecule has 1 fully saturated rings.